The molecule has 29 heavy (non-hydrogen) atoms. The Morgan fingerprint density at radius 2 is 2.03 bits per heavy atom. The zero-order valence-corrected chi connectivity index (χ0v) is 20.0. The predicted molar refractivity (Wildman–Crippen MR) is 128 cm³/mol. The molecule has 1 heterocycles. The van der Waals surface area contributed by atoms with Gasteiger partial charge in [0.25, 0.3) is 0 Å². The van der Waals surface area contributed by atoms with Gasteiger partial charge in [-0.2, -0.15) is 0 Å². The van der Waals surface area contributed by atoms with Crippen LogP contribution in [0.25, 0.3) is 0 Å². The van der Waals surface area contributed by atoms with Crippen LogP contribution in [-0.2, 0) is 10.2 Å². The third-order valence-electron chi connectivity index (χ3n) is 6.34. The molecule has 162 valence electrons. The number of nitrogens with zero attached hydrogens (tertiary/aromatic N) is 2. The van der Waals surface area contributed by atoms with Gasteiger partial charge in [0.05, 0.1) is 7.11 Å². The highest BCUT2D eigenvalue weighted by Crippen LogP contribution is 2.44. The third kappa shape index (κ3) is 5.77. The number of nitrogens with one attached hydrogen (secondary N) is 1. The lowest BCUT2D eigenvalue weighted by Crippen LogP contribution is -2.50. The Kier molecular flexibility index (Phi) is 9.04. The Hall–Kier alpha value is -1.51. The van der Waals surface area contributed by atoms with Crippen molar-refractivity contribution in [3.8, 4) is 5.75 Å². The molecule has 1 saturated carbocycles. The van der Waals surface area contributed by atoms with Gasteiger partial charge in [0, 0.05) is 44.1 Å². The number of carbonyl (C=O) groups is 1. The maximum Gasteiger partial charge on any atom is 0.217 e. The predicted octanol–water partition coefficient (Wildman–Crippen LogP) is 3.29. The van der Waals surface area contributed by atoms with Gasteiger partial charge in [-0.05, 0) is 37.7 Å². The van der Waals surface area contributed by atoms with E-state index < -0.39 is 0 Å². The highest BCUT2D eigenvalue weighted by atomic mass is 127. The van der Waals surface area contributed by atoms with Crippen LogP contribution in [0.4, 0.5) is 0 Å². The molecule has 0 spiro atoms. The Bertz CT molecular complexity index is 704. The number of rotatable bonds is 6. The number of benzene rings is 1. The Morgan fingerprint density at radius 1 is 1.31 bits per heavy atom. The monoisotopic (exact) mass is 514 g/mol. The summed E-state index contributed by atoms with van der Waals surface area (Å²) < 4.78 is 5.67. The van der Waals surface area contributed by atoms with Crippen LogP contribution in [0.5, 0.6) is 5.75 Å². The summed E-state index contributed by atoms with van der Waals surface area (Å²) in [4.78, 5) is 18.1. The molecule has 3 rings (SSSR count). The minimum Gasteiger partial charge on any atom is -0.496 e. The van der Waals surface area contributed by atoms with Gasteiger partial charge in [0.15, 0.2) is 5.96 Å². The molecule has 1 aromatic rings. The summed E-state index contributed by atoms with van der Waals surface area (Å²) in [6.45, 7) is 2.65. The number of primary amides is 1. The van der Waals surface area contributed by atoms with E-state index in [4.69, 9.17) is 10.5 Å². The number of hydrogen-bond acceptors (Lipinski definition) is 3. The maximum atomic E-state index is 11.3. The first-order chi connectivity index (χ1) is 13.6. The lowest BCUT2D eigenvalue weighted by molar-refractivity contribution is -0.119. The van der Waals surface area contributed by atoms with Crippen molar-refractivity contribution >= 4 is 35.8 Å². The molecule has 7 heteroatoms. The average Bonchev–Trinajstić information content (AvgIpc) is 3.18. The Labute approximate surface area is 191 Å². The summed E-state index contributed by atoms with van der Waals surface area (Å²) in [5, 5.41) is 3.65. The zero-order valence-electron chi connectivity index (χ0n) is 17.7. The van der Waals surface area contributed by atoms with E-state index in [0.29, 0.717) is 12.3 Å². The van der Waals surface area contributed by atoms with Crippen LogP contribution >= 0.6 is 24.0 Å². The van der Waals surface area contributed by atoms with E-state index in [9.17, 15) is 4.79 Å². The first-order valence-electron chi connectivity index (χ1n) is 10.5. The van der Waals surface area contributed by atoms with Gasteiger partial charge in [-0.15, -0.1) is 24.0 Å². The summed E-state index contributed by atoms with van der Waals surface area (Å²) in [6, 6.07) is 8.40. The van der Waals surface area contributed by atoms with Gasteiger partial charge in [-0.3, -0.25) is 9.79 Å². The van der Waals surface area contributed by atoms with Crippen LogP contribution in [0.3, 0.4) is 0 Å². The summed E-state index contributed by atoms with van der Waals surface area (Å²) in [7, 11) is 3.59. The molecular weight excluding hydrogens is 479 g/mol. The minimum atomic E-state index is -0.212. The number of ether oxygens (including phenoxy) is 1. The topological polar surface area (TPSA) is 80.0 Å². The number of halogens is 1. The molecule has 1 saturated heterocycles. The smallest absolute Gasteiger partial charge is 0.217 e. The van der Waals surface area contributed by atoms with Crippen LogP contribution in [0, 0.1) is 5.92 Å². The van der Waals surface area contributed by atoms with Crippen molar-refractivity contribution in [1.29, 1.82) is 0 Å². The van der Waals surface area contributed by atoms with Crippen LogP contribution < -0.4 is 15.8 Å². The Morgan fingerprint density at radius 3 is 2.69 bits per heavy atom. The van der Waals surface area contributed by atoms with Crippen LogP contribution in [0.15, 0.2) is 29.3 Å². The number of likely N-dealkylation sites (tertiary alicyclic amines) is 1. The van der Waals surface area contributed by atoms with E-state index in [0.717, 1.165) is 57.0 Å². The molecule has 0 radical (unpaired) electrons. The van der Waals surface area contributed by atoms with E-state index in [-0.39, 0.29) is 35.3 Å². The van der Waals surface area contributed by atoms with Crippen molar-refractivity contribution in [3.05, 3.63) is 29.8 Å². The number of nitrogens with two attached hydrogens (primary N) is 1. The van der Waals surface area contributed by atoms with Gasteiger partial charge >= 0.3 is 0 Å². The molecule has 3 N–H and O–H groups in total. The Balaban J connectivity index is 0.00000300. The highest BCUT2D eigenvalue weighted by molar-refractivity contribution is 14.0. The number of amides is 1. The fourth-order valence-corrected chi connectivity index (χ4v) is 4.96. The molecule has 1 unspecified atom stereocenters. The van der Waals surface area contributed by atoms with Gasteiger partial charge in [-0.25, -0.2) is 0 Å². The standard InChI is InChI=1S/C22H34N4O2.HI/c1-24-21(26-13-7-8-17(15-26)14-20(23)27)25-16-22(11-5-6-12-22)18-9-3-4-10-19(18)28-2;/h3-4,9-10,17H,5-8,11-16H2,1-2H3,(H2,23,27)(H,24,25);1H. The minimum absolute atomic E-state index is 0. The molecule has 1 amide bonds. The molecule has 1 aliphatic carbocycles. The summed E-state index contributed by atoms with van der Waals surface area (Å²) >= 11 is 0. The van der Waals surface area contributed by atoms with Gasteiger partial charge in [0.1, 0.15) is 5.75 Å². The molecular formula is C22H35IN4O2. The number of carbonyl (C=O) groups excluding carboxylic acids is 1. The molecule has 1 atom stereocenters. The molecule has 2 aliphatic rings. The van der Waals surface area contributed by atoms with Crippen LogP contribution in [0.1, 0.15) is 50.5 Å². The second-order valence-electron chi connectivity index (χ2n) is 8.21. The van der Waals surface area contributed by atoms with Crippen molar-refractivity contribution in [1.82, 2.24) is 10.2 Å². The summed E-state index contributed by atoms with van der Waals surface area (Å²) in [5.74, 6) is 2.01. The van der Waals surface area contributed by atoms with E-state index in [1.54, 1.807) is 7.11 Å². The quantitative estimate of drug-likeness (QED) is 0.347. The normalized spacial score (nSPS) is 21.4. The SMILES string of the molecule is CN=C(NCC1(c2ccccc2OC)CCCC1)N1CCCC(CC(N)=O)C1.I. The van der Waals surface area contributed by atoms with Crippen molar-refractivity contribution in [2.24, 2.45) is 16.6 Å². The maximum absolute atomic E-state index is 11.3. The second kappa shape index (κ2) is 11.0. The number of aliphatic imine (C=N–C) groups is 1. The van der Waals surface area contributed by atoms with Crippen molar-refractivity contribution in [2.75, 3.05) is 33.8 Å². The second-order valence-corrected chi connectivity index (χ2v) is 8.21. The lowest BCUT2D eigenvalue weighted by Gasteiger charge is -2.37. The van der Waals surface area contributed by atoms with Gasteiger partial charge in [0.2, 0.25) is 5.91 Å². The molecule has 2 fully saturated rings. The largest absolute Gasteiger partial charge is 0.496 e. The summed E-state index contributed by atoms with van der Waals surface area (Å²) in [6.07, 6.45) is 7.37. The van der Waals surface area contributed by atoms with Crippen molar-refractivity contribution in [3.63, 3.8) is 0 Å². The van der Waals surface area contributed by atoms with Crippen molar-refractivity contribution in [2.45, 2.75) is 50.4 Å². The first kappa shape index (κ1) is 23.8. The number of piperidine rings is 1. The molecule has 1 aliphatic heterocycles. The molecule has 1 aromatic carbocycles. The number of guanidine groups is 1. The third-order valence-corrected chi connectivity index (χ3v) is 6.34. The number of methoxy groups -OCH3 is 1. The average molecular weight is 514 g/mol. The fourth-order valence-electron chi connectivity index (χ4n) is 4.96. The van der Waals surface area contributed by atoms with E-state index in [1.165, 1.54) is 18.4 Å². The zero-order chi connectivity index (χ0) is 20.0. The first-order valence-corrected chi connectivity index (χ1v) is 10.5. The lowest BCUT2D eigenvalue weighted by atomic mass is 9.78. The molecule has 6 nitrogen and oxygen atoms in total. The van der Waals surface area contributed by atoms with E-state index >= 15 is 0 Å². The van der Waals surface area contributed by atoms with Crippen LogP contribution in [-0.4, -0.2) is 50.6 Å². The van der Waals surface area contributed by atoms with Crippen LogP contribution in [0.2, 0.25) is 0 Å². The van der Waals surface area contributed by atoms with Gasteiger partial charge < -0.3 is 20.7 Å². The number of hydrogen-bond donors (Lipinski definition) is 2. The fraction of sp³-hybridized carbons (Fsp3) is 0.636. The number of para-hydroxylation sites is 1. The van der Waals surface area contributed by atoms with Gasteiger partial charge in [-0.1, -0.05) is 31.0 Å². The molecule has 0 aromatic heterocycles. The van der Waals surface area contributed by atoms with E-state index in [1.807, 2.05) is 13.1 Å². The van der Waals surface area contributed by atoms with Crippen molar-refractivity contribution < 1.29 is 9.53 Å². The highest BCUT2D eigenvalue weighted by Gasteiger charge is 2.38. The summed E-state index contributed by atoms with van der Waals surface area (Å²) in [5.41, 5.74) is 6.78. The van der Waals surface area contributed by atoms with E-state index in [2.05, 4.69) is 33.4 Å². The molecule has 0 bridgehead atoms.